The van der Waals surface area contributed by atoms with Gasteiger partial charge in [-0.05, 0) is 25.5 Å². The number of halogens is 1. The Hall–Kier alpha value is -1.35. The number of aryl methyl sites for hydroxylation is 1. The van der Waals surface area contributed by atoms with Crippen LogP contribution in [0.2, 0.25) is 0 Å². The first-order chi connectivity index (χ1) is 7.47. The fourth-order valence-electron chi connectivity index (χ4n) is 1.33. The first-order valence-electron chi connectivity index (χ1n) is 4.84. The zero-order valence-electron chi connectivity index (χ0n) is 9.41. The number of hydrogen-bond acceptors (Lipinski definition) is 3. The minimum atomic E-state index is -0.604. The topological polar surface area (TPSA) is 43.4 Å². The summed E-state index contributed by atoms with van der Waals surface area (Å²) in [6, 6.07) is 4.88. The van der Waals surface area contributed by atoms with Crippen molar-refractivity contribution in [3.05, 3.63) is 34.9 Å². The largest absolute Gasteiger partial charge is 0.465 e. The van der Waals surface area contributed by atoms with E-state index in [1.54, 1.807) is 26.0 Å². The van der Waals surface area contributed by atoms with Crippen LogP contribution in [0, 0.1) is 6.92 Å². The summed E-state index contributed by atoms with van der Waals surface area (Å²) in [5, 5.41) is -0.604. The molecule has 1 aromatic rings. The highest BCUT2D eigenvalue weighted by Crippen LogP contribution is 2.15. The Bertz CT molecular complexity index is 424. The van der Waals surface area contributed by atoms with Crippen molar-refractivity contribution in [2.45, 2.75) is 19.2 Å². The van der Waals surface area contributed by atoms with Crippen molar-refractivity contribution >= 4 is 23.4 Å². The average Bonchev–Trinajstić information content (AvgIpc) is 2.27. The summed E-state index contributed by atoms with van der Waals surface area (Å²) in [4.78, 5) is 23.0. The number of ketones is 1. The fourth-order valence-corrected chi connectivity index (χ4v) is 1.46. The molecule has 1 rings (SSSR count). The molecule has 0 saturated carbocycles. The molecule has 0 amide bonds. The van der Waals surface area contributed by atoms with Crippen molar-refractivity contribution in [2.75, 3.05) is 7.11 Å². The molecule has 0 aliphatic heterocycles. The smallest absolute Gasteiger partial charge is 0.338 e. The molecule has 0 radical (unpaired) electrons. The summed E-state index contributed by atoms with van der Waals surface area (Å²) in [6.07, 6.45) is 0. The molecule has 0 saturated heterocycles. The van der Waals surface area contributed by atoms with Crippen molar-refractivity contribution < 1.29 is 14.3 Å². The van der Waals surface area contributed by atoms with E-state index >= 15 is 0 Å². The quantitative estimate of drug-likeness (QED) is 0.463. The zero-order valence-corrected chi connectivity index (χ0v) is 10.2. The Morgan fingerprint density at radius 2 is 2.00 bits per heavy atom. The van der Waals surface area contributed by atoms with E-state index in [0.29, 0.717) is 11.1 Å². The minimum absolute atomic E-state index is 0.202. The maximum atomic E-state index is 11.6. The van der Waals surface area contributed by atoms with Crippen LogP contribution < -0.4 is 0 Å². The van der Waals surface area contributed by atoms with E-state index in [4.69, 9.17) is 11.6 Å². The molecule has 1 atom stereocenters. The Morgan fingerprint density at radius 1 is 1.38 bits per heavy atom. The standard InChI is InChI=1S/C12H13ClO3/c1-7-4-5-9(11(14)8(2)13)6-10(7)12(15)16-3/h4-6,8H,1-3H3. The van der Waals surface area contributed by atoms with Gasteiger partial charge in [0.15, 0.2) is 5.78 Å². The molecule has 86 valence electrons. The number of ether oxygens (including phenoxy) is 1. The van der Waals surface area contributed by atoms with E-state index in [2.05, 4.69) is 4.74 Å². The molecule has 1 unspecified atom stereocenters. The lowest BCUT2D eigenvalue weighted by Crippen LogP contribution is -2.12. The number of alkyl halides is 1. The number of methoxy groups -OCH3 is 1. The normalized spacial score (nSPS) is 12.0. The SMILES string of the molecule is COC(=O)c1cc(C(=O)C(C)Cl)ccc1C. The van der Waals surface area contributed by atoms with Crippen LogP contribution >= 0.6 is 11.6 Å². The predicted molar refractivity (Wildman–Crippen MR) is 62.2 cm³/mol. The van der Waals surface area contributed by atoms with E-state index in [1.165, 1.54) is 13.2 Å². The molecule has 1 aromatic carbocycles. The van der Waals surface area contributed by atoms with Crippen LogP contribution in [-0.2, 0) is 4.74 Å². The summed E-state index contributed by atoms with van der Waals surface area (Å²) >= 11 is 5.70. The average molecular weight is 241 g/mol. The van der Waals surface area contributed by atoms with Gasteiger partial charge in [-0.25, -0.2) is 4.79 Å². The Morgan fingerprint density at radius 3 is 2.50 bits per heavy atom. The van der Waals surface area contributed by atoms with Gasteiger partial charge in [0, 0.05) is 5.56 Å². The van der Waals surface area contributed by atoms with Crippen LogP contribution in [0.3, 0.4) is 0 Å². The molecular formula is C12H13ClO3. The van der Waals surface area contributed by atoms with Crippen molar-refractivity contribution in [3.8, 4) is 0 Å². The number of hydrogen-bond donors (Lipinski definition) is 0. The van der Waals surface area contributed by atoms with Gasteiger partial charge in [-0.2, -0.15) is 0 Å². The van der Waals surface area contributed by atoms with Gasteiger partial charge in [0.2, 0.25) is 0 Å². The van der Waals surface area contributed by atoms with Gasteiger partial charge in [0.05, 0.1) is 18.1 Å². The second-order valence-electron chi connectivity index (χ2n) is 3.50. The Labute approximate surface area is 99.4 Å². The van der Waals surface area contributed by atoms with E-state index in [0.717, 1.165) is 5.56 Å². The van der Waals surface area contributed by atoms with Gasteiger partial charge in [-0.1, -0.05) is 12.1 Å². The molecule has 4 heteroatoms. The number of esters is 1. The number of benzene rings is 1. The van der Waals surface area contributed by atoms with Gasteiger partial charge in [0.1, 0.15) is 0 Å². The molecule has 0 N–H and O–H groups in total. The Balaban J connectivity index is 3.17. The third-order valence-corrected chi connectivity index (χ3v) is 2.49. The van der Waals surface area contributed by atoms with Crippen molar-refractivity contribution in [1.29, 1.82) is 0 Å². The number of Topliss-reactive ketones (excluding diaryl/α,β-unsaturated/α-hetero) is 1. The van der Waals surface area contributed by atoms with Gasteiger partial charge < -0.3 is 4.74 Å². The predicted octanol–water partition coefficient (Wildman–Crippen LogP) is 2.59. The van der Waals surface area contributed by atoms with Gasteiger partial charge in [0.25, 0.3) is 0 Å². The highest BCUT2D eigenvalue weighted by Gasteiger charge is 2.16. The summed E-state index contributed by atoms with van der Waals surface area (Å²) in [5.41, 5.74) is 1.59. The molecular weight excluding hydrogens is 228 g/mol. The molecule has 0 aliphatic carbocycles. The first-order valence-corrected chi connectivity index (χ1v) is 5.28. The van der Waals surface area contributed by atoms with Crippen LogP contribution in [0.15, 0.2) is 18.2 Å². The molecule has 0 aromatic heterocycles. The molecule has 0 spiro atoms. The highest BCUT2D eigenvalue weighted by molar-refractivity contribution is 6.33. The van der Waals surface area contributed by atoms with Crippen LogP contribution in [0.5, 0.6) is 0 Å². The van der Waals surface area contributed by atoms with Gasteiger partial charge in [-0.15, -0.1) is 11.6 Å². The van der Waals surface area contributed by atoms with Gasteiger partial charge in [-0.3, -0.25) is 4.79 Å². The monoisotopic (exact) mass is 240 g/mol. The maximum absolute atomic E-state index is 11.6. The minimum Gasteiger partial charge on any atom is -0.465 e. The van der Waals surface area contributed by atoms with Crippen LogP contribution in [0.25, 0.3) is 0 Å². The number of carbonyl (C=O) groups is 2. The Kier molecular flexibility index (Phi) is 4.07. The molecule has 16 heavy (non-hydrogen) atoms. The summed E-state index contributed by atoms with van der Waals surface area (Å²) in [7, 11) is 1.31. The third-order valence-electron chi connectivity index (χ3n) is 2.29. The first kappa shape index (κ1) is 12.7. The van der Waals surface area contributed by atoms with Crippen LogP contribution in [0.1, 0.15) is 33.2 Å². The summed E-state index contributed by atoms with van der Waals surface area (Å²) < 4.78 is 4.63. The van der Waals surface area contributed by atoms with Gasteiger partial charge >= 0.3 is 5.97 Å². The lowest BCUT2D eigenvalue weighted by molar-refractivity contribution is 0.0600. The fraction of sp³-hybridized carbons (Fsp3) is 0.333. The van der Waals surface area contributed by atoms with E-state index < -0.39 is 11.3 Å². The van der Waals surface area contributed by atoms with Crippen molar-refractivity contribution in [2.24, 2.45) is 0 Å². The van der Waals surface area contributed by atoms with Crippen LogP contribution in [0.4, 0.5) is 0 Å². The van der Waals surface area contributed by atoms with Crippen LogP contribution in [-0.4, -0.2) is 24.2 Å². The summed E-state index contributed by atoms with van der Waals surface area (Å²) in [5.74, 6) is -0.652. The molecule has 0 bridgehead atoms. The molecule has 0 aliphatic rings. The number of carbonyl (C=O) groups excluding carboxylic acids is 2. The second-order valence-corrected chi connectivity index (χ2v) is 4.16. The highest BCUT2D eigenvalue weighted by atomic mass is 35.5. The molecule has 3 nitrogen and oxygen atoms in total. The number of rotatable bonds is 3. The third kappa shape index (κ3) is 2.61. The van der Waals surface area contributed by atoms with E-state index in [1.807, 2.05) is 0 Å². The van der Waals surface area contributed by atoms with E-state index in [9.17, 15) is 9.59 Å². The lowest BCUT2D eigenvalue weighted by Gasteiger charge is -2.07. The second kappa shape index (κ2) is 5.12. The van der Waals surface area contributed by atoms with Crippen molar-refractivity contribution in [3.63, 3.8) is 0 Å². The summed E-state index contributed by atoms with van der Waals surface area (Å²) in [6.45, 7) is 3.38. The van der Waals surface area contributed by atoms with Crippen molar-refractivity contribution in [1.82, 2.24) is 0 Å². The lowest BCUT2D eigenvalue weighted by atomic mass is 10.0. The molecule has 0 fully saturated rings. The maximum Gasteiger partial charge on any atom is 0.338 e. The molecule has 0 heterocycles. The zero-order chi connectivity index (χ0) is 12.3. The van der Waals surface area contributed by atoms with E-state index in [-0.39, 0.29) is 5.78 Å².